The fraction of sp³-hybridized carbons (Fsp3) is 0.0769. The number of pyridine rings is 3. The standard InChI is InChI=1S/C26H22N4O/c1-28-18-10-8-16-24(28)30(23-15-7-9-17-27-23)26(31)25-19-11-3-5-13-21(19)29(2)22-14-6-4-12-20(22)25/h3-18H,1-2H3/q+2. The molecule has 0 fully saturated rings. The zero-order chi connectivity index (χ0) is 21.4. The Kier molecular flexibility index (Phi) is 4.64. The van der Waals surface area contributed by atoms with Crippen LogP contribution >= 0.6 is 0 Å². The van der Waals surface area contributed by atoms with Gasteiger partial charge in [0.25, 0.3) is 5.82 Å². The van der Waals surface area contributed by atoms with Gasteiger partial charge in [-0.3, -0.25) is 0 Å². The number of aryl methyl sites for hydroxylation is 2. The number of rotatable bonds is 3. The predicted octanol–water partition coefficient (Wildman–Crippen LogP) is 4.02. The van der Waals surface area contributed by atoms with E-state index in [1.54, 1.807) is 11.1 Å². The quantitative estimate of drug-likeness (QED) is 0.336. The molecular weight excluding hydrogens is 384 g/mol. The molecule has 31 heavy (non-hydrogen) atoms. The molecule has 0 saturated carbocycles. The molecule has 5 heteroatoms. The summed E-state index contributed by atoms with van der Waals surface area (Å²) in [5, 5.41) is 1.82. The van der Waals surface area contributed by atoms with Gasteiger partial charge in [0.2, 0.25) is 16.9 Å². The van der Waals surface area contributed by atoms with E-state index in [0.29, 0.717) is 11.4 Å². The molecule has 0 spiro atoms. The van der Waals surface area contributed by atoms with Crippen molar-refractivity contribution in [1.82, 2.24) is 4.98 Å². The van der Waals surface area contributed by atoms with Gasteiger partial charge in [-0.15, -0.1) is 4.90 Å². The van der Waals surface area contributed by atoms with E-state index in [0.717, 1.165) is 27.6 Å². The zero-order valence-corrected chi connectivity index (χ0v) is 17.4. The molecule has 2 aromatic carbocycles. The average Bonchev–Trinajstić information content (AvgIpc) is 2.81. The second-order valence-electron chi connectivity index (χ2n) is 7.47. The Bertz CT molecular complexity index is 1370. The molecule has 0 radical (unpaired) electrons. The van der Waals surface area contributed by atoms with Gasteiger partial charge in [0, 0.05) is 30.5 Å². The number of anilines is 2. The van der Waals surface area contributed by atoms with E-state index >= 15 is 0 Å². The van der Waals surface area contributed by atoms with Gasteiger partial charge in [-0.1, -0.05) is 36.4 Å². The first kappa shape index (κ1) is 18.9. The van der Waals surface area contributed by atoms with Crippen molar-refractivity contribution in [2.45, 2.75) is 0 Å². The van der Waals surface area contributed by atoms with Gasteiger partial charge in [0.15, 0.2) is 0 Å². The number of para-hydroxylation sites is 2. The highest BCUT2D eigenvalue weighted by molar-refractivity contribution is 6.21. The highest BCUT2D eigenvalue weighted by Gasteiger charge is 2.35. The molecule has 150 valence electrons. The van der Waals surface area contributed by atoms with Crippen LogP contribution in [0.3, 0.4) is 0 Å². The molecule has 5 nitrogen and oxygen atoms in total. The van der Waals surface area contributed by atoms with E-state index in [1.165, 1.54) is 0 Å². The van der Waals surface area contributed by atoms with Gasteiger partial charge in [-0.25, -0.2) is 14.3 Å². The Labute approximate surface area is 180 Å². The van der Waals surface area contributed by atoms with Crippen molar-refractivity contribution >= 4 is 39.3 Å². The smallest absolute Gasteiger partial charge is 0.240 e. The fourth-order valence-corrected chi connectivity index (χ4v) is 4.13. The number of carbonyl (C=O) groups is 1. The Morgan fingerprint density at radius 2 is 1.39 bits per heavy atom. The van der Waals surface area contributed by atoms with Crippen LogP contribution in [0.1, 0.15) is 10.4 Å². The monoisotopic (exact) mass is 406 g/mol. The number of hydrogen-bond donors (Lipinski definition) is 0. The number of benzene rings is 2. The molecule has 0 N–H and O–H groups in total. The molecule has 1 amide bonds. The maximum absolute atomic E-state index is 14.3. The van der Waals surface area contributed by atoms with Crippen molar-refractivity contribution < 1.29 is 13.9 Å². The third-order valence-electron chi connectivity index (χ3n) is 5.62. The SMILES string of the molecule is C[n+]1ccccc1N(C(=O)c1c2ccccc2[n+](C)c2ccccc12)c1ccccn1. The molecule has 0 aliphatic heterocycles. The first-order valence-electron chi connectivity index (χ1n) is 10.2. The Hall–Kier alpha value is -4.12. The molecule has 3 heterocycles. The van der Waals surface area contributed by atoms with Gasteiger partial charge >= 0.3 is 5.91 Å². The molecule has 0 saturated heterocycles. The maximum Gasteiger partial charge on any atom is 0.349 e. The largest absolute Gasteiger partial charge is 0.349 e. The van der Waals surface area contributed by atoms with Crippen LogP contribution in [0.2, 0.25) is 0 Å². The molecule has 0 bridgehead atoms. The van der Waals surface area contributed by atoms with Gasteiger partial charge < -0.3 is 0 Å². The minimum atomic E-state index is -0.117. The summed E-state index contributed by atoms with van der Waals surface area (Å²) in [5.41, 5.74) is 2.67. The number of carbonyl (C=O) groups excluding carboxylic acids is 1. The lowest BCUT2D eigenvalue weighted by Gasteiger charge is -2.17. The number of aromatic nitrogens is 3. The van der Waals surface area contributed by atoms with Gasteiger partial charge in [-0.05, 0) is 24.3 Å². The van der Waals surface area contributed by atoms with E-state index in [9.17, 15) is 4.79 Å². The number of amides is 1. The normalized spacial score (nSPS) is 11.0. The molecule has 0 atom stereocenters. The molecule has 0 unspecified atom stereocenters. The summed E-state index contributed by atoms with van der Waals surface area (Å²) in [6.07, 6.45) is 3.64. The van der Waals surface area contributed by atoms with Crippen molar-refractivity contribution in [1.29, 1.82) is 0 Å². The Balaban J connectivity index is 1.85. The Morgan fingerprint density at radius 1 is 0.774 bits per heavy atom. The summed E-state index contributed by atoms with van der Waals surface area (Å²) in [4.78, 5) is 20.5. The minimum Gasteiger partial charge on any atom is -0.240 e. The summed E-state index contributed by atoms with van der Waals surface area (Å²) >= 11 is 0. The molecular formula is C26H22N4O+2. The van der Waals surface area contributed by atoms with Gasteiger partial charge in [-0.2, -0.15) is 4.57 Å². The summed E-state index contributed by atoms with van der Waals surface area (Å²) in [7, 11) is 3.96. The number of fused-ring (bicyclic) bond motifs is 2. The predicted molar refractivity (Wildman–Crippen MR) is 121 cm³/mol. The topological polar surface area (TPSA) is 41.0 Å². The summed E-state index contributed by atoms with van der Waals surface area (Å²) in [6, 6.07) is 27.5. The van der Waals surface area contributed by atoms with Gasteiger partial charge in [0.05, 0.1) is 29.6 Å². The average molecular weight is 406 g/mol. The third-order valence-corrected chi connectivity index (χ3v) is 5.62. The Morgan fingerprint density at radius 3 is 2.00 bits per heavy atom. The highest BCUT2D eigenvalue weighted by atomic mass is 16.2. The molecule has 0 aliphatic carbocycles. The van der Waals surface area contributed by atoms with Crippen LogP contribution in [0.25, 0.3) is 21.8 Å². The van der Waals surface area contributed by atoms with Crippen LogP contribution in [0, 0.1) is 0 Å². The van der Waals surface area contributed by atoms with Crippen molar-refractivity contribution in [2.75, 3.05) is 4.90 Å². The van der Waals surface area contributed by atoms with E-state index in [4.69, 9.17) is 0 Å². The molecule has 5 aromatic rings. The van der Waals surface area contributed by atoms with Crippen LogP contribution < -0.4 is 14.0 Å². The summed E-state index contributed by atoms with van der Waals surface area (Å²) in [5.74, 6) is 1.21. The minimum absolute atomic E-state index is 0.117. The lowest BCUT2D eigenvalue weighted by atomic mass is 10.0. The number of nitrogens with zero attached hydrogens (tertiary/aromatic N) is 4. The third kappa shape index (κ3) is 3.11. The van der Waals surface area contributed by atoms with E-state index in [2.05, 4.69) is 9.55 Å². The lowest BCUT2D eigenvalue weighted by molar-refractivity contribution is -0.658. The van der Waals surface area contributed by atoms with E-state index in [1.807, 2.05) is 110 Å². The number of hydrogen-bond acceptors (Lipinski definition) is 2. The second kappa shape index (κ2) is 7.61. The van der Waals surface area contributed by atoms with Crippen LogP contribution in [-0.2, 0) is 14.1 Å². The lowest BCUT2D eigenvalue weighted by Crippen LogP contribution is -2.40. The highest BCUT2D eigenvalue weighted by Crippen LogP contribution is 2.30. The van der Waals surface area contributed by atoms with Crippen molar-refractivity contribution in [3.63, 3.8) is 0 Å². The van der Waals surface area contributed by atoms with Crippen molar-refractivity contribution in [3.8, 4) is 0 Å². The molecule has 5 rings (SSSR count). The second-order valence-corrected chi connectivity index (χ2v) is 7.47. The van der Waals surface area contributed by atoms with E-state index in [-0.39, 0.29) is 5.91 Å². The fourth-order valence-electron chi connectivity index (χ4n) is 4.13. The van der Waals surface area contributed by atoms with Crippen molar-refractivity contribution in [3.05, 3.63) is 103 Å². The van der Waals surface area contributed by atoms with Crippen LogP contribution in [0.5, 0.6) is 0 Å². The van der Waals surface area contributed by atoms with Crippen molar-refractivity contribution in [2.24, 2.45) is 14.1 Å². The first-order chi connectivity index (χ1) is 15.2. The molecule has 0 aliphatic rings. The van der Waals surface area contributed by atoms with Crippen LogP contribution in [-0.4, -0.2) is 10.9 Å². The van der Waals surface area contributed by atoms with Gasteiger partial charge in [0.1, 0.15) is 7.05 Å². The van der Waals surface area contributed by atoms with E-state index < -0.39 is 0 Å². The zero-order valence-electron chi connectivity index (χ0n) is 17.4. The molecule has 3 aromatic heterocycles. The maximum atomic E-state index is 14.3. The van der Waals surface area contributed by atoms with Crippen LogP contribution in [0.4, 0.5) is 11.6 Å². The van der Waals surface area contributed by atoms with Crippen LogP contribution in [0.15, 0.2) is 97.3 Å². The summed E-state index contributed by atoms with van der Waals surface area (Å²) < 4.78 is 4.06. The first-order valence-corrected chi connectivity index (χ1v) is 10.2. The summed E-state index contributed by atoms with van der Waals surface area (Å²) in [6.45, 7) is 0.